The van der Waals surface area contributed by atoms with Gasteiger partial charge in [-0.05, 0) is 47.3 Å². The average molecular weight is 311 g/mol. The molecule has 3 rings (SSSR count). The predicted octanol–water partition coefficient (Wildman–Crippen LogP) is 2.87. The van der Waals surface area contributed by atoms with Gasteiger partial charge in [-0.3, -0.25) is 0 Å². The zero-order valence-electron chi connectivity index (χ0n) is 9.47. The van der Waals surface area contributed by atoms with E-state index in [1.54, 1.807) is 22.9 Å². The van der Waals surface area contributed by atoms with Crippen LogP contribution in [0.1, 0.15) is 24.6 Å². The van der Waals surface area contributed by atoms with E-state index in [1.807, 2.05) is 0 Å². The molecule has 1 atom stereocenters. The number of rotatable bonds is 2. The summed E-state index contributed by atoms with van der Waals surface area (Å²) >= 11 is 3.24. The van der Waals surface area contributed by atoms with Crippen LogP contribution in [-0.4, -0.2) is 20.6 Å². The van der Waals surface area contributed by atoms with Crippen LogP contribution in [0.2, 0.25) is 0 Å². The van der Waals surface area contributed by atoms with Crippen LogP contribution in [0.25, 0.3) is 11.6 Å². The molecule has 18 heavy (non-hydrogen) atoms. The number of aryl methyl sites for hydroxylation is 1. The lowest BCUT2D eigenvalue weighted by molar-refractivity contribution is -0.141. The second-order valence-electron chi connectivity index (χ2n) is 4.29. The van der Waals surface area contributed by atoms with Crippen molar-refractivity contribution < 1.29 is 14.3 Å². The van der Waals surface area contributed by atoms with E-state index in [0.29, 0.717) is 22.7 Å². The van der Waals surface area contributed by atoms with E-state index in [2.05, 4.69) is 20.9 Å². The molecule has 2 aromatic heterocycles. The molecule has 1 N–H and O–H groups in total. The molecule has 1 aliphatic rings. The normalized spacial score (nSPS) is 18.6. The molecule has 0 amide bonds. The maximum atomic E-state index is 11.3. The second-order valence-corrected chi connectivity index (χ2v) is 5.07. The van der Waals surface area contributed by atoms with Gasteiger partial charge >= 0.3 is 5.97 Å². The van der Waals surface area contributed by atoms with Gasteiger partial charge in [-0.15, -0.1) is 0 Å². The number of imidazole rings is 1. The quantitative estimate of drug-likeness (QED) is 0.926. The number of carboxylic acids is 1. The Balaban J connectivity index is 2.12. The molecule has 0 spiro atoms. The summed E-state index contributed by atoms with van der Waals surface area (Å²) < 4.78 is 7.85. The van der Waals surface area contributed by atoms with Crippen molar-refractivity contribution in [2.75, 3.05) is 0 Å². The summed E-state index contributed by atoms with van der Waals surface area (Å²) in [4.78, 5) is 15.6. The highest BCUT2D eigenvalue weighted by Gasteiger charge is 2.29. The van der Waals surface area contributed by atoms with Crippen LogP contribution in [0.15, 0.2) is 27.4 Å². The monoisotopic (exact) mass is 310 g/mol. The molecule has 0 saturated carbocycles. The van der Waals surface area contributed by atoms with Crippen molar-refractivity contribution >= 4 is 21.9 Å². The molecule has 0 radical (unpaired) electrons. The molecule has 0 saturated heterocycles. The number of aromatic nitrogens is 2. The van der Waals surface area contributed by atoms with Gasteiger partial charge < -0.3 is 14.1 Å². The van der Waals surface area contributed by atoms with Gasteiger partial charge in [-0.2, -0.15) is 0 Å². The smallest absolute Gasteiger partial charge is 0.326 e. The summed E-state index contributed by atoms with van der Waals surface area (Å²) in [6, 6.07) is 3.01. The maximum Gasteiger partial charge on any atom is 0.326 e. The molecule has 0 fully saturated rings. The fraction of sp³-hybridized carbons (Fsp3) is 0.333. The lowest BCUT2D eigenvalue weighted by Gasteiger charge is -2.23. The first-order valence-electron chi connectivity index (χ1n) is 5.71. The Hall–Kier alpha value is -1.56. The van der Waals surface area contributed by atoms with E-state index in [9.17, 15) is 9.90 Å². The minimum absolute atomic E-state index is 0.546. The number of carbonyl (C=O) groups is 1. The number of nitrogens with zero attached hydrogens (tertiary/aromatic N) is 2. The highest BCUT2D eigenvalue weighted by atomic mass is 79.9. The second kappa shape index (κ2) is 4.28. The molecular weight excluding hydrogens is 300 g/mol. The number of hydrogen-bond acceptors (Lipinski definition) is 3. The molecule has 94 valence electrons. The standard InChI is InChI=1S/C12H11BrN2O3/c13-10-5-4-9(18-10)11-14-6-7-2-1-3-8(12(16)17)15(7)11/h4-6,8H,1-3H2,(H,16,17). The summed E-state index contributed by atoms with van der Waals surface area (Å²) in [5.41, 5.74) is 0.955. The van der Waals surface area contributed by atoms with Gasteiger partial charge in [-0.25, -0.2) is 9.78 Å². The van der Waals surface area contributed by atoms with Crippen molar-refractivity contribution in [1.29, 1.82) is 0 Å². The van der Waals surface area contributed by atoms with Crippen LogP contribution in [0, 0.1) is 0 Å². The average Bonchev–Trinajstić information content (AvgIpc) is 2.94. The van der Waals surface area contributed by atoms with Crippen LogP contribution in [0.3, 0.4) is 0 Å². The van der Waals surface area contributed by atoms with Crippen LogP contribution in [0.5, 0.6) is 0 Å². The summed E-state index contributed by atoms with van der Waals surface area (Å²) in [6.45, 7) is 0. The predicted molar refractivity (Wildman–Crippen MR) is 67.2 cm³/mol. The van der Waals surface area contributed by atoms with Gasteiger partial charge in [0.2, 0.25) is 0 Å². The number of aliphatic carboxylic acids is 1. The van der Waals surface area contributed by atoms with Gasteiger partial charge in [0, 0.05) is 11.9 Å². The molecule has 2 aromatic rings. The Labute approximate surface area is 112 Å². The number of carboxylic acid groups (broad SMARTS) is 1. The minimum atomic E-state index is -0.819. The Bertz CT molecular complexity index is 602. The number of hydrogen-bond donors (Lipinski definition) is 1. The molecule has 3 heterocycles. The minimum Gasteiger partial charge on any atom is -0.480 e. The Morgan fingerprint density at radius 3 is 3.06 bits per heavy atom. The molecule has 1 unspecified atom stereocenters. The van der Waals surface area contributed by atoms with E-state index in [4.69, 9.17) is 4.42 Å². The summed E-state index contributed by atoms with van der Waals surface area (Å²) in [7, 11) is 0. The fourth-order valence-electron chi connectivity index (χ4n) is 2.39. The summed E-state index contributed by atoms with van der Waals surface area (Å²) in [6.07, 6.45) is 4.11. The van der Waals surface area contributed by atoms with E-state index in [0.717, 1.165) is 18.5 Å². The van der Waals surface area contributed by atoms with Crippen molar-refractivity contribution in [1.82, 2.24) is 9.55 Å². The molecule has 5 nitrogen and oxygen atoms in total. The fourth-order valence-corrected chi connectivity index (χ4v) is 2.69. The molecule has 1 aliphatic heterocycles. The van der Waals surface area contributed by atoms with E-state index in [-0.39, 0.29) is 0 Å². The van der Waals surface area contributed by atoms with E-state index < -0.39 is 12.0 Å². The lowest BCUT2D eigenvalue weighted by atomic mass is 10.0. The molecule has 6 heteroatoms. The third-order valence-electron chi connectivity index (χ3n) is 3.17. The maximum absolute atomic E-state index is 11.3. The largest absolute Gasteiger partial charge is 0.480 e. The van der Waals surface area contributed by atoms with Crippen molar-refractivity contribution in [3.63, 3.8) is 0 Å². The lowest BCUT2D eigenvalue weighted by Crippen LogP contribution is -2.25. The van der Waals surface area contributed by atoms with Gasteiger partial charge in [0.15, 0.2) is 16.3 Å². The molecule has 0 aliphatic carbocycles. The highest BCUT2D eigenvalue weighted by Crippen LogP contribution is 2.32. The van der Waals surface area contributed by atoms with Gasteiger partial charge in [0.05, 0.1) is 0 Å². The summed E-state index contributed by atoms with van der Waals surface area (Å²) in [5, 5.41) is 9.29. The molecular formula is C12H11BrN2O3. The van der Waals surface area contributed by atoms with Crippen molar-refractivity contribution in [2.45, 2.75) is 25.3 Å². The Morgan fingerprint density at radius 2 is 2.39 bits per heavy atom. The van der Waals surface area contributed by atoms with Crippen molar-refractivity contribution in [3.05, 3.63) is 28.7 Å². The van der Waals surface area contributed by atoms with Gasteiger partial charge in [0.25, 0.3) is 0 Å². The first-order valence-corrected chi connectivity index (χ1v) is 6.51. The highest BCUT2D eigenvalue weighted by molar-refractivity contribution is 9.10. The topological polar surface area (TPSA) is 68.3 Å². The third kappa shape index (κ3) is 1.77. The Morgan fingerprint density at radius 1 is 1.56 bits per heavy atom. The van der Waals surface area contributed by atoms with Crippen LogP contribution >= 0.6 is 15.9 Å². The van der Waals surface area contributed by atoms with Crippen LogP contribution in [0.4, 0.5) is 0 Å². The van der Waals surface area contributed by atoms with E-state index in [1.165, 1.54) is 0 Å². The SMILES string of the molecule is O=C(O)C1CCCc2cnc(-c3ccc(Br)o3)n21. The number of halogens is 1. The zero-order chi connectivity index (χ0) is 12.7. The first-order chi connectivity index (χ1) is 8.66. The summed E-state index contributed by atoms with van der Waals surface area (Å²) in [5.74, 6) is 0.352. The Kier molecular flexibility index (Phi) is 2.74. The van der Waals surface area contributed by atoms with Crippen molar-refractivity contribution in [3.8, 4) is 11.6 Å². The zero-order valence-corrected chi connectivity index (χ0v) is 11.1. The van der Waals surface area contributed by atoms with E-state index >= 15 is 0 Å². The number of furan rings is 1. The first kappa shape index (κ1) is 11.5. The van der Waals surface area contributed by atoms with Gasteiger partial charge in [-0.1, -0.05) is 0 Å². The van der Waals surface area contributed by atoms with Crippen LogP contribution in [-0.2, 0) is 11.2 Å². The third-order valence-corrected chi connectivity index (χ3v) is 3.60. The van der Waals surface area contributed by atoms with Crippen LogP contribution < -0.4 is 0 Å². The van der Waals surface area contributed by atoms with Crippen molar-refractivity contribution in [2.24, 2.45) is 0 Å². The number of fused-ring (bicyclic) bond motifs is 1. The van der Waals surface area contributed by atoms with Gasteiger partial charge in [0.1, 0.15) is 6.04 Å². The molecule has 0 aromatic carbocycles. The molecule has 0 bridgehead atoms.